The molecule has 0 aromatic carbocycles. The molecule has 18 heavy (non-hydrogen) atoms. The summed E-state index contributed by atoms with van der Waals surface area (Å²) in [5, 5.41) is 10.2. The molecule has 0 aliphatic carbocycles. The van der Waals surface area contributed by atoms with Gasteiger partial charge in [0.25, 0.3) is 5.91 Å². The van der Waals surface area contributed by atoms with Crippen molar-refractivity contribution < 1.29 is 4.79 Å². The maximum Gasteiger partial charge on any atom is 0.271 e. The lowest BCUT2D eigenvalue weighted by molar-refractivity contribution is 0.0923. The number of rotatable bonds is 5. The molecule has 0 fully saturated rings. The number of hydrogen-bond donors (Lipinski definition) is 2. The first-order valence-corrected chi connectivity index (χ1v) is 5.82. The molecule has 0 aliphatic heterocycles. The van der Waals surface area contributed by atoms with Gasteiger partial charge in [-0.3, -0.25) is 4.79 Å². The number of aromatic nitrogens is 2. The summed E-state index contributed by atoms with van der Waals surface area (Å²) >= 11 is 0. The first-order chi connectivity index (χ1) is 8.30. The van der Waals surface area contributed by atoms with Crippen LogP contribution in [-0.4, -0.2) is 48.2 Å². The van der Waals surface area contributed by atoms with Crippen molar-refractivity contribution in [1.82, 2.24) is 20.4 Å². The Morgan fingerprint density at radius 2 is 2.06 bits per heavy atom. The van der Waals surface area contributed by atoms with E-state index in [1.54, 1.807) is 12.1 Å². The largest absolute Gasteiger partial charge is 0.382 e. The number of nitrogens with zero attached hydrogens (tertiary/aromatic N) is 3. The van der Waals surface area contributed by atoms with Crippen molar-refractivity contribution in [3.63, 3.8) is 0 Å². The van der Waals surface area contributed by atoms with Crippen LogP contribution in [0.4, 0.5) is 5.82 Å². The average Bonchev–Trinajstić information content (AvgIpc) is 2.25. The summed E-state index contributed by atoms with van der Waals surface area (Å²) in [6.07, 6.45) is 0. The van der Waals surface area contributed by atoms with E-state index < -0.39 is 0 Å². The minimum Gasteiger partial charge on any atom is -0.382 e. The third kappa shape index (κ3) is 4.67. The number of carbonyl (C=O) groups is 1. The lowest BCUT2D eigenvalue weighted by Crippen LogP contribution is -2.40. The van der Waals surface area contributed by atoms with Gasteiger partial charge in [-0.15, -0.1) is 10.2 Å². The normalized spacial score (nSPS) is 11.6. The second-order valence-electron chi connectivity index (χ2n) is 5.43. The van der Waals surface area contributed by atoms with Gasteiger partial charge in [-0.25, -0.2) is 0 Å². The summed E-state index contributed by atoms with van der Waals surface area (Å²) in [4.78, 5) is 13.9. The number of nitrogens with one attached hydrogen (secondary N) is 1. The number of anilines is 1. The maximum absolute atomic E-state index is 11.8. The Hall–Kier alpha value is -1.69. The molecule has 100 valence electrons. The van der Waals surface area contributed by atoms with Crippen LogP contribution in [0, 0.1) is 5.41 Å². The third-order valence-electron chi connectivity index (χ3n) is 2.39. The lowest BCUT2D eigenvalue weighted by atomic mass is 9.93. The highest BCUT2D eigenvalue weighted by atomic mass is 16.1. The smallest absolute Gasteiger partial charge is 0.271 e. The third-order valence-corrected chi connectivity index (χ3v) is 2.39. The van der Waals surface area contributed by atoms with E-state index in [4.69, 9.17) is 5.73 Å². The van der Waals surface area contributed by atoms with Crippen LogP contribution in [0.3, 0.4) is 0 Å². The number of amides is 1. The van der Waals surface area contributed by atoms with Crippen LogP contribution >= 0.6 is 0 Å². The van der Waals surface area contributed by atoms with Gasteiger partial charge in [0, 0.05) is 13.1 Å². The SMILES string of the molecule is CN(C)CC(C)(C)CNC(=O)c1ccc(N)nn1. The van der Waals surface area contributed by atoms with Gasteiger partial charge in [-0.05, 0) is 31.6 Å². The topological polar surface area (TPSA) is 84.1 Å². The summed E-state index contributed by atoms with van der Waals surface area (Å²) in [7, 11) is 4.02. The number of hydrogen-bond acceptors (Lipinski definition) is 5. The zero-order valence-corrected chi connectivity index (χ0v) is 11.4. The Morgan fingerprint density at radius 3 is 2.56 bits per heavy atom. The molecule has 0 saturated heterocycles. The Morgan fingerprint density at radius 1 is 1.39 bits per heavy atom. The summed E-state index contributed by atoms with van der Waals surface area (Å²) in [5.74, 6) is 0.0776. The highest BCUT2D eigenvalue weighted by Gasteiger charge is 2.20. The van der Waals surface area contributed by atoms with Crippen LogP contribution in [-0.2, 0) is 0 Å². The van der Waals surface area contributed by atoms with Crippen molar-refractivity contribution in [1.29, 1.82) is 0 Å². The fraction of sp³-hybridized carbons (Fsp3) is 0.583. The molecule has 6 heteroatoms. The van der Waals surface area contributed by atoms with Crippen LogP contribution in [0.5, 0.6) is 0 Å². The Balaban J connectivity index is 2.53. The molecule has 1 heterocycles. The Kier molecular flexibility index (Phi) is 4.61. The molecule has 0 unspecified atom stereocenters. The molecule has 1 amide bonds. The van der Waals surface area contributed by atoms with E-state index in [0.717, 1.165) is 6.54 Å². The molecular formula is C12H21N5O. The van der Waals surface area contributed by atoms with Gasteiger partial charge < -0.3 is 16.0 Å². The van der Waals surface area contributed by atoms with Crippen molar-refractivity contribution in [3.05, 3.63) is 17.8 Å². The van der Waals surface area contributed by atoms with E-state index >= 15 is 0 Å². The molecular weight excluding hydrogens is 230 g/mol. The van der Waals surface area contributed by atoms with Crippen LogP contribution in [0.2, 0.25) is 0 Å². The summed E-state index contributed by atoms with van der Waals surface area (Å²) in [5.41, 5.74) is 5.70. The van der Waals surface area contributed by atoms with E-state index in [1.165, 1.54) is 0 Å². The van der Waals surface area contributed by atoms with Gasteiger partial charge >= 0.3 is 0 Å². The zero-order valence-electron chi connectivity index (χ0n) is 11.4. The first-order valence-electron chi connectivity index (χ1n) is 5.82. The second-order valence-corrected chi connectivity index (χ2v) is 5.43. The Labute approximate surface area is 108 Å². The summed E-state index contributed by atoms with van der Waals surface area (Å²) in [6.45, 7) is 5.67. The van der Waals surface area contributed by atoms with E-state index in [2.05, 4.69) is 34.3 Å². The first kappa shape index (κ1) is 14.4. The molecule has 1 rings (SSSR count). The van der Waals surface area contributed by atoms with Gasteiger partial charge in [0.1, 0.15) is 5.82 Å². The molecule has 1 aromatic rings. The molecule has 0 saturated carbocycles. The standard InChI is InChI=1S/C12H21N5O/c1-12(2,8-17(3)4)7-14-11(18)9-5-6-10(13)16-15-9/h5-6H,7-8H2,1-4H3,(H2,13,16)(H,14,18). The Bertz CT molecular complexity index is 399. The molecule has 0 radical (unpaired) electrons. The zero-order chi connectivity index (χ0) is 13.8. The lowest BCUT2D eigenvalue weighted by Gasteiger charge is -2.28. The van der Waals surface area contributed by atoms with E-state index in [9.17, 15) is 4.79 Å². The predicted octanol–water partition coefficient (Wildman–Crippen LogP) is 0.376. The highest BCUT2D eigenvalue weighted by molar-refractivity contribution is 5.92. The number of nitrogen functional groups attached to an aromatic ring is 1. The summed E-state index contributed by atoms with van der Waals surface area (Å²) in [6, 6.07) is 3.13. The molecule has 1 aromatic heterocycles. The fourth-order valence-corrected chi connectivity index (χ4v) is 1.79. The minimum atomic E-state index is -0.227. The van der Waals surface area contributed by atoms with Gasteiger partial charge in [-0.1, -0.05) is 13.8 Å². The van der Waals surface area contributed by atoms with E-state index in [-0.39, 0.29) is 17.0 Å². The molecule has 0 atom stereocenters. The van der Waals surface area contributed by atoms with Gasteiger partial charge in [-0.2, -0.15) is 0 Å². The van der Waals surface area contributed by atoms with E-state index in [0.29, 0.717) is 12.4 Å². The number of carbonyl (C=O) groups excluding carboxylic acids is 1. The number of nitrogens with two attached hydrogens (primary N) is 1. The second kappa shape index (κ2) is 5.77. The van der Waals surface area contributed by atoms with Gasteiger partial charge in [0.15, 0.2) is 5.69 Å². The van der Waals surface area contributed by atoms with Crippen LogP contribution in [0.15, 0.2) is 12.1 Å². The summed E-state index contributed by atoms with van der Waals surface area (Å²) < 4.78 is 0. The minimum absolute atomic E-state index is 0.000394. The molecule has 3 N–H and O–H groups in total. The van der Waals surface area contributed by atoms with Crippen LogP contribution in [0.25, 0.3) is 0 Å². The maximum atomic E-state index is 11.8. The van der Waals surface area contributed by atoms with Crippen LogP contribution in [0.1, 0.15) is 24.3 Å². The van der Waals surface area contributed by atoms with E-state index in [1.807, 2.05) is 14.1 Å². The molecule has 0 aliphatic rings. The molecule has 6 nitrogen and oxygen atoms in total. The van der Waals surface area contributed by atoms with Crippen molar-refractivity contribution in [2.24, 2.45) is 5.41 Å². The average molecular weight is 251 g/mol. The van der Waals surface area contributed by atoms with Crippen LogP contribution < -0.4 is 11.1 Å². The van der Waals surface area contributed by atoms with Gasteiger partial charge in [0.2, 0.25) is 0 Å². The fourth-order valence-electron chi connectivity index (χ4n) is 1.79. The van der Waals surface area contributed by atoms with Crippen molar-refractivity contribution in [3.8, 4) is 0 Å². The quantitative estimate of drug-likeness (QED) is 0.790. The molecule has 0 bridgehead atoms. The molecule has 0 spiro atoms. The monoisotopic (exact) mass is 251 g/mol. The van der Waals surface area contributed by atoms with Gasteiger partial charge in [0.05, 0.1) is 0 Å². The van der Waals surface area contributed by atoms with Crippen molar-refractivity contribution in [2.75, 3.05) is 32.9 Å². The van der Waals surface area contributed by atoms with Crippen molar-refractivity contribution >= 4 is 11.7 Å². The highest BCUT2D eigenvalue weighted by Crippen LogP contribution is 2.14. The van der Waals surface area contributed by atoms with Crippen molar-refractivity contribution in [2.45, 2.75) is 13.8 Å². The predicted molar refractivity (Wildman–Crippen MR) is 71.1 cm³/mol.